The molecule has 8 nitrogen and oxygen atoms in total. The Balaban J connectivity index is 1.92. The smallest absolute Gasteiger partial charge is 0.270 e. The summed E-state index contributed by atoms with van der Waals surface area (Å²) in [6, 6.07) is 11.1. The van der Waals surface area contributed by atoms with Crippen molar-refractivity contribution in [2.45, 2.75) is 19.8 Å². The molecular formula is C21H21N3O5S. The molecule has 0 radical (unpaired) electrons. The number of benzene rings is 2. The molecule has 0 aliphatic rings. The summed E-state index contributed by atoms with van der Waals surface area (Å²) >= 11 is 1.39. The van der Waals surface area contributed by atoms with Gasteiger partial charge < -0.3 is 9.47 Å². The van der Waals surface area contributed by atoms with E-state index in [1.807, 2.05) is 18.2 Å². The number of thiazole rings is 1. The van der Waals surface area contributed by atoms with Crippen LogP contribution in [-0.4, -0.2) is 30.0 Å². The van der Waals surface area contributed by atoms with Crippen LogP contribution in [0.25, 0.3) is 11.3 Å². The van der Waals surface area contributed by atoms with E-state index in [4.69, 9.17) is 9.47 Å². The van der Waals surface area contributed by atoms with Gasteiger partial charge >= 0.3 is 0 Å². The van der Waals surface area contributed by atoms with Crippen molar-refractivity contribution in [3.8, 4) is 22.8 Å². The fourth-order valence-electron chi connectivity index (χ4n) is 2.94. The summed E-state index contributed by atoms with van der Waals surface area (Å²) in [7, 11) is 3.14. The highest BCUT2D eigenvalue weighted by molar-refractivity contribution is 7.16. The molecule has 30 heavy (non-hydrogen) atoms. The number of amides is 1. The summed E-state index contributed by atoms with van der Waals surface area (Å²) in [4.78, 5) is 28.6. The Kier molecular flexibility index (Phi) is 6.63. The summed E-state index contributed by atoms with van der Waals surface area (Å²) in [6.45, 7) is 2.07. The van der Waals surface area contributed by atoms with Gasteiger partial charge in [0.25, 0.3) is 11.6 Å². The predicted octanol–water partition coefficient (Wildman–Crippen LogP) is 4.94. The molecule has 156 valence electrons. The minimum Gasteiger partial charge on any atom is -0.493 e. The first-order valence-corrected chi connectivity index (χ1v) is 10.1. The lowest BCUT2D eigenvalue weighted by atomic mass is 10.1. The second kappa shape index (κ2) is 9.36. The van der Waals surface area contributed by atoms with E-state index in [2.05, 4.69) is 17.2 Å². The molecule has 3 rings (SSSR count). The summed E-state index contributed by atoms with van der Waals surface area (Å²) in [5.74, 6) is 0.759. The zero-order valence-electron chi connectivity index (χ0n) is 16.8. The maximum atomic E-state index is 12.6. The van der Waals surface area contributed by atoms with Crippen LogP contribution >= 0.6 is 11.3 Å². The first-order chi connectivity index (χ1) is 14.5. The zero-order chi connectivity index (χ0) is 21.7. The molecule has 1 amide bonds. The molecule has 0 spiro atoms. The number of non-ortho nitro benzene ring substituents is 1. The van der Waals surface area contributed by atoms with Crippen LogP contribution in [0.3, 0.4) is 0 Å². The Hall–Kier alpha value is -3.46. The number of hydrogen-bond donors (Lipinski definition) is 1. The number of rotatable bonds is 8. The number of nitrogens with one attached hydrogen (secondary N) is 1. The number of carbonyl (C=O) groups is 1. The number of anilines is 1. The molecule has 3 aromatic rings. The predicted molar refractivity (Wildman–Crippen MR) is 116 cm³/mol. The average Bonchev–Trinajstić information content (AvgIpc) is 3.15. The maximum absolute atomic E-state index is 12.6. The Morgan fingerprint density at radius 1 is 1.17 bits per heavy atom. The van der Waals surface area contributed by atoms with E-state index in [-0.39, 0.29) is 11.3 Å². The molecule has 2 aromatic carbocycles. The molecule has 0 saturated heterocycles. The Morgan fingerprint density at radius 3 is 2.60 bits per heavy atom. The first-order valence-electron chi connectivity index (χ1n) is 9.24. The second-order valence-electron chi connectivity index (χ2n) is 6.37. The summed E-state index contributed by atoms with van der Waals surface area (Å²) in [6.07, 6.45) is 1.72. The normalized spacial score (nSPS) is 10.5. The van der Waals surface area contributed by atoms with E-state index in [1.165, 1.54) is 35.6 Å². The Labute approximate surface area is 177 Å². The minimum absolute atomic E-state index is 0.139. The maximum Gasteiger partial charge on any atom is 0.270 e. The van der Waals surface area contributed by atoms with Gasteiger partial charge in [0.15, 0.2) is 16.6 Å². The average molecular weight is 427 g/mol. The van der Waals surface area contributed by atoms with Crippen LogP contribution in [0.5, 0.6) is 11.5 Å². The highest BCUT2D eigenvalue weighted by Gasteiger charge is 2.18. The minimum atomic E-state index is -0.533. The van der Waals surface area contributed by atoms with Crippen LogP contribution in [0.2, 0.25) is 0 Å². The van der Waals surface area contributed by atoms with Gasteiger partial charge in [-0.15, -0.1) is 11.3 Å². The van der Waals surface area contributed by atoms with Crippen LogP contribution in [0.4, 0.5) is 10.8 Å². The number of carbonyl (C=O) groups excluding carboxylic acids is 1. The standard InChI is InChI=1S/C21H21N3O5S/c1-4-6-18-19(13-9-10-16(28-2)17(12-13)29-3)22-21(30-18)23-20(25)14-7-5-8-15(11-14)24(26)27/h5,7-12H,4,6H2,1-3H3,(H,22,23,25). The molecule has 0 fully saturated rings. The Bertz CT molecular complexity index is 1080. The van der Waals surface area contributed by atoms with Crippen molar-refractivity contribution in [2.24, 2.45) is 0 Å². The lowest BCUT2D eigenvalue weighted by Crippen LogP contribution is -2.11. The number of nitro benzene ring substituents is 1. The van der Waals surface area contributed by atoms with E-state index < -0.39 is 10.8 Å². The molecule has 0 bridgehead atoms. The van der Waals surface area contributed by atoms with Crippen molar-refractivity contribution in [3.63, 3.8) is 0 Å². The molecular weight excluding hydrogens is 406 g/mol. The summed E-state index contributed by atoms with van der Waals surface area (Å²) < 4.78 is 10.7. The molecule has 9 heteroatoms. The second-order valence-corrected chi connectivity index (χ2v) is 7.46. The molecule has 1 aromatic heterocycles. The third-order valence-corrected chi connectivity index (χ3v) is 5.40. The van der Waals surface area contributed by atoms with Gasteiger partial charge in [-0.1, -0.05) is 19.4 Å². The van der Waals surface area contributed by atoms with Crippen molar-refractivity contribution in [1.29, 1.82) is 0 Å². The third kappa shape index (κ3) is 4.57. The van der Waals surface area contributed by atoms with Crippen LogP contribution < -0.4 is 14.8 Å². The zero-order valence-corrected chi connectivity index (χ0v) is 17.6. The van der Waals surface area contributed by atoms with Crippen molar-refractivity contribution in [1.82, 2.24) is 4.98 Å². The quantitative estimate of drug-likeness (QED) is 0.403. The fraction of sp³-hybridized carbons (Fsp3) is 0.238. The van der Waals surface area contributed by atoms with Crippen LogP contribution in [-0.2, 0) is 6.42 Å². The molecule has 1 heterocycles. The van der Waals surface area contributed by atoms with E-state index in [0.29, 0.717) is 16.6 Å². The van der Waals surface area contributed by atoms with Gasteiger partial charge in [0.05, 0.1) is 24.8 Å². The van der Waals surface area contributed by atoms with Gasteiger partial charge in [0.1, 0.15) is 0 Å². The summed E-state index contributed by atoms with van der Waals surface area (Å²) in [5.41, 5.74) is 1.67. The molecule has 0 unspecified atom stereocenters. The number of methoxy groups -OCH3 is 2. The number of aromatic nitrogens is 1. The summed E-state index contributed by atoms with van der Waals surface area (Å²) in [5, 5.41) is 14.1. The highest BCUT2D eigenvalue weighted by Crippen LogP contribution is 2.37. The number of ether oxygens (including phenoxy) is 2. The highest BCUT2D eigenvalue weighted by atomic mass is 32.1. The van der Waals surface area contributed by atoms with Crippen molar-refractivity contribution >= 4 is 28.1 Å². The number of nitrogens with zero attached hydrogens (tertiary/aromatic N) is 2. The molecule has 0 saturated carbocycles. The van der Waals surface area contributed by atoms with Gasteiger partial charge in [-0.3, -0.25) is 20.2 Å². The van der Waals surface area contributed by atoms with Gasteiger partial charge in [0.2, 0.25) is 0 Å². The first kappa shape index (κ1) is 21.3. The van der Waals surface area contributed by atoms with Crippen molar-refractivity contribution < 1.29 is 19.2 Å². The number of aryl methyl sites for hydroxylation is 1. The van der Waals surface area contributed by atoms with Crippen molar-refractivity contribution in [3.05, 3.63) is 63.0 Å². The molecule has 0 atom stereocenters. The van der Waals surface area contributed by atoms with E-state index in [0.717, 1.165) is 29.0 Å². The van der Waals surface area contributed by atoms with Gasteiger partial charge in [-0.05, 0) is 30.7 Å². The van der Waals surface area contributed by atoms with Crippen molar-refractivity contribution in [2.75, 3.05) is 19.5 Å². The van der Waals surface area contributed by atoms with Crippen LogP contribution in [0.15, 0.2) is 42.5 Å². The lowest BCUT2D eigenvalue weighted by molar-refractivity contribution is -0.384. The SMILES string of the molecule is CCCc1sc(NC(=O)c2cccc([N+](=O)[O-])c2)nc1-c1ccc(OC)c(OC)c1. The van der Waals surface area contributed by atoms with E-state index in [1.54, 1.807) is 14.2 Å². The van der Waals surface area contributed by atoms with Gasteiger partial charge in [-0.2, -0.15) is 0 Å². The van der Waals surface area contributed by atoms with Gasteiger partial charge in [0, 0.05) is 28.1 Å². The van der Waals surface area contributed by atoms with E-state index >= 15 is 0 Å². The van der Waals surface area contributed by atoms with E-state index in [9.17, 15) is 14.9 Å². The van der Waals surface area contributed by atoms with Gasteiger partial charge in [-0.25, -0.2) is 4.98 Å². The Morgan fingerprint density at radius 2 is 1.93 bits per heavy atom. The number of hydrogen-bond acceptors (Lipinski definition) is 7. The fourth-order valence-corrected chi connectivity index (χ4v) is 4.02. The largest absolute Gasteiger partial charge is 0.493 e. The molecule has 0 aliphatic carbocycles. The monoisotopic (exact) mass is 427 g/mol. The van der Waals surface area contributed by atoms with Crippen LogP contribution in [0, 0.1) is 10.1 Å². The molecule has 1 N–H and O–H groups in total. The number of nitro groups is 1. The lowest BCUT2D eigenvalue weighted by Gasteiger charge is -2.09. The third-order valence-electron chi connectivity index (χ3n) is 4.37. The van der Waals surface area contributed by atoms with Crippen LogP contribution in [0.1, 0.15) is 28.6 Å². The molecule has 0 aliphatic heterocycles. The topological polar surface area (TPSA) is 104 Å².